The van der Waals surface area contributed by atoms with E-state index >= 15 is 0 Å². The van der Waals surface area contributed by atoms with Crippen LogP contribution in [0.3, 0.4) is 0 Å². The van der Waals surface area contributed by atoms with Crippen molar-refractivity contribution in [2.24, 2.45) is 17.8 Å². The van der Waals surface area contributed by atoms with Gasteiger partial charge in [0.25, 0.3) is 5.92 Å². The molecular formula is C32H41F3N2O2. The van der Waals surface area contributed by atoms with E-state index in [9.17, 15) is 23.1 Å². The van der Waals surface area contributed by atoms with Gasteiger partial charge in [0, 0.05) is 37.5 Å². The van der Waals surface area contributed by atoms with E-state index in [-0.39, 0.29) is 35.6 Å². The van der Waals surface area contributed by atoms with Crippen molar-refractivity contribution in [2.75, 3.05) is 32.7 Å². The number of benzene rings is 2. The van der Waals surface area contributed by atoms with Gasteiger partial charge in [0.05, 0.1) is 0 Å². The van der Waals surface area contributed by atoms with Crippen molar-refractivity contribution in [3.63, 3.8) is 0 Å². The fraction of sp³-hybridized carbons (Fsp3) is 0.594. The third kappa shape index (κ3) is 7.04. The number of hydrogen-bond acceptors (Lipinski definition) is 3. The molecule has 1 saturated carbocycles. The third-order valence-corrected chi connectivity index (χ3v) is 9.52. The molecule has 2 aromatic rings. The molecule has 0 bridgehead atoms. The van der Waals surface area contributed by atoms with Gasteiger partial charge in [-0.25, -0.2) is 13.2 Å². The number of carboxylic acids is 1. The van der Waals surface area contributed by atoms with Crippen molar-refractivity contribution in [1.82, 2.24) is 9.80 Å². The highest BCUT2D eigenvalue weighted by Gasteiger charge is 2.42. The molecule has 1 aliphatic carbocycles. The highest BCUT2D eigenvalue weighted by atomic mass is 19.3. The number of nitrogens with zero attached hydrogens (tertiary/aromatic N) is 2. The first-order valence-corrected chi connectivity index (χ1v) is 14.7. The maximum Gasteiger partial charge on any atom is 0.320 e. The molecule has 2 unspecified atom stereocenters. The van der Waals surface area contributed by atoms with Gasteiger partial charge in [0.1, 0.15) is 11.9 Å². The van der Waals surface area contributed by atoms with E-state index in [1.54, 1.807) is 30.3 Å². The maximum atomic E-state index is 14.7. The van der Waals surface area contributed by atoms with E-state index in [2.05, 4.69) is 9.80 Å². The van der Waals surface area contributed by atoms with E-state index in [1.807, 2.05) is 6.07 Å². The summed E-state index contributed by atoms with van der Waals surface area (Å²) in [6, 6.07) is 14.4. The number of hydrogen-bond donors (Lipinski definition) is 1. The normalized spacial score (nSPS) is 24.5. The van der Waals surface area contributed by atoms with Crippen molar-refractivity contribution >= 4 is 5.97 Å². The van der Waals surface area contributed by atoms with Crippen LogP contribution in [-0.2, 0) is 10.7 Å². The van der Waals surface area contributed by atoms with E-state index in [0.717, 1.165) is 50.9 Å². The van der Waals surface area contributed by atoms with Gasteiger partial charge in [-0.05, 0) is 74.2 Å². The van der Waals surface area contributed by atoms with Crippen LogP contribution in [0.25, 0.3) is 0 Å². The van der Waals surface area contributed by atoms with Gasteiger partial charge in [-0.1, -0.05) is 61.7 Å². The van der Waals surface area contributed by atoms with Crippen LogP contribution in [0.1, 0.15) is 68.4 Å². The van der Waals surface area contributed by atoms with Gasteiger partial charge in [-0.15, -0.1) is 0 Å². The molecule has 2 aromatic carbocycles. The first kappa shape index (κ1) is 28.2. The number of piperidine rings is 1. The second kappa shape index (κ2) is 12.4. The minimum atomic E-state index is -2.80. The van der Waals surface area contributed by atoms with Crippen LogP contribution < -0.4 is 0 Å². The molecular weight excluding hydrogens is 501 g/mol. The van der Waals surface area contributed by atoms with Gasteiger partial charge in [0.15, 0.2) is 0 Å². The predicted octanol–water partition coefficient (Wildman–Crippen LogP) is 6.77. The van der Waals surface area contributed by atoms with E-state index in [1.165, 1.54) is 24.6 Å². The second-order valence-corrected chi connectivity index (χ2v) is 12.1. The van der Waals surface area contributed by atoms with Crippen molar-refractivity contribution in [3.05, 3.63) is 71.5 Å². The van der Waals surface area contributed by atoms with Crippen molar-refractivity contribution in [1.29, 1.82) is 0 Å². The smallest absolute Gasteiger partial charge is 0.320 e. The summed E-state index contributed by atoms with van der Waals surface area (Å²) in [5.74, 6) is -2.76. The Balaban J connectivity index is 1.19. The van der Waals surface area contributed by atoms with Crippen LogP contribution in [0.15, 0.2) is 54.6 Å². The highest BCUT2D eigenvalue weighted by molar-refractivity contribution is 5.73. The van der Waals surface area contributed by atoms with Crippen LogP contribution in [0.4, 0.5) is 13.2 Å². The summed E-state index contributed by atoms with van der Waals surface area (Å²) in [6.45, 7) is 3.86. The zero-order valence-corrected chi connectivity index (χ0v) is 22.7. The van der Waals surface area contributed by atoms with Crippen LogP contribution >= 0.6 is 0 Å². The topological polar surface area (TPSA) is 43.8 Å². The average Bonchev–Trinajstić information content (AvgIpc) is 3.31. The molecule has 3 atom stereocenters. The fourth-order valence-corrected chi connectivity index (χ4v) is 6.91. The molecule has 7 heteroatoms. The highest BCUT2D eigenvalue weighted by Crippen LogP contribution is 2.39. The van der Waals surface area contributed by atoms with Gasteiger partial charge in [-0.3, -0.25) is 9.69 Å². The lowest BCUT2D eigenvalue weighted by Gasteiger charge is -2.35. The quantitative estimate of drug-likeness (QED) is 0.340. The molecule has 2 saturated heterocycles. The standard InChI is InChI=1S/C32H41F3N2O2/c33-28-11-5-8-25(19-28)29-22-37(30(31(38)39)18-24-6-4-7-24)21-26(29)20-36-16-13-23(14-17-36)12-15-32(34,35)27-9-2-1-3-10-27/h1-3,5,8-11,19,23-24,26,29-30H,4,6-7,12-18,20-22H2,(H,38,39)/t26?,29?,30-/m1/s1. The number of rotatable bonds is 11. The summed E-state index contributed by atoms with van der Waals surface area (Å²) in [4.78, 5) is 16.8. The number of carbonyl (C=O) groups is 1. The molecule has 39 heavy (non-hydrogen) atoms. The first-order chi connectivity index (χ1) is 18.8. The Morgan fingerprint density at radius 3 is 2.36 bits per heavy atom. The van der Waals surface area contributed by atoms with Crippen LogP contribution in [0.5, 0.6) is 0 Å². The molecule has 2 aliphatic heterocycles. The lowest BCUT2D eigenvalue weighted by molar-refractivity contribution is -0.144. The number of halogens is 3. The zero-order chi connectivity index (χ0) is 27.4. The maximum absolute atomic E-state index is 14.7. The molecule has 1 N–H and O–H groups in total. The monoisotopic (exact) mass is 542 g/mol. The minimum Gasteiger partial charge on any atom is -0.480 e. The van der Waals surface area contributed by atoms with Gasteiger partial charge >= 0.3 is 5.97 Å². The molecule has 0 aromatic heterocycles. The molecule has 0 radical (unpaired) electrons. The van der Waals surface area contributed by atoms with Crippen molar-refractivity contribution < 1.29 is 23.1 Å². The molecule has 2 heterocycles. The largest absolute Gasteiger partial charge is 0.480 e. The summed E-state index contributed by atoms with van der Waals surface area (Å²) >= 11 is 0. The second-order valence-electron chi connectivity index (χ2n) is 12.1. The molecule has 3 aliphatic rings. The molecule has 0 spiro atoms. The van der Waals surface area contributed by atoms with E-state index in [4.69, 9.17) is 0 Å². The SMILES string of the molecule is O=C(O)[C@@H](CC1CCC1)N1CC(CN2CCC(CCC(F)(F)c3ccccc3)CC2)C(c2cccc(F)c2)C1. The Morgan fingerprint density at radius 2 is 1.72 bits per heavy atom. The number of alkyl halides is 2. The molecule has 0 amide bonds. The molecule has 4 nitrogen and oxygen atoms in total. The average molecular weight is 543 g/mol. The summed E-state index contributed by atoms with van der Waals surface area (Å²) in [6.07, 6.45) is 6.28. The van der Waals surface area contributed by atoms with Gasteiger partial charge in [-0.2, -0.15) is 0 Å². The molecule has 5 rings (SSSR count). The zero-order valence-electron chi connectivity index (χ0n) is 22.7. The van der Waals surface area contributed by atoms with Crippen molar-refractivity contribution in [2.45, 2.75) is 69.2 Å². The number of aliphatic carboxylic acids is 1. The Hall–Kier alpha value is -2.38. The summed E-state index contributed by atoms with van der Waals surface area (Å²) in [5.41, 5.74) is 1.03. The van der Waals surface area contributed by atoms with Crippen LogP contribution in [-0.4, -0.2) is 59.6 Å². The molecule has 212 valence electrons. The summed E-state index contributed by atoms with van der Waals surface area (Å²) < 4.78 is 43.5. The number of carboxylic acid groups (broad SMARTS) is 1. The fourth-order valence-electron chi connectivity index (χ4n) is 6.91. The van der Waals surface area contributed by atoms with Crippen LogP contribution in [0.2, 0.25) is 0 Å². The Labute approximate surface area is 230 Å². The van der Waals surface area contributed by atoms with Crippen LogP contribution in [0, 0.1) is 23.6 Å². The number of likely N-dealkylation sites (tertiary alicyclic amines) is 2. The molecule has 3 fully saturated rings. The predicted molar refractivity (Wildman–Crippen MR) is 146 cm³/mol. The van der Waals surface area contributed by atoms with E-state index in [0.29, 0.717) is 31.8 Å². The Bertz CT molecular complexity index is 1090. The Kier molecular flexibility index (Phi) is 8.97. The summed E-state index contributed by atoms with van der Waals surface area (Å²) in [5, 5.41) is 10.1. The lowest BCUT2D eigenvalue weighted by Crippen LogP contribution is -2.43. The summed E-state index contributed by atoms with van der Waals surface area (Å²) in [7, 11) is 0. The lowest BCUT2D eigenvalue weighted by atomic mass is 9.80. The van der Waals surface area contributed by atoms with E-state index < -0.39 is 17.9 Å². The van der Waals surface area contributed by atoms with Gasteiger partial charge in [0.2, 0.25) is 0 Å². The minimum absolute atomic E-state index is 0.0752. The third-order valence-electron chi connectivity index (χ3n) is 9.52. The van der Waals surface area contributed by atoms with Crippen molar-refractivity contribution in [3.8, 4) is 0 Å². The van der Waals surface area contributed by atoms with Gasteiger partial charge < -0.3 is 10.0 Å². The Morgan fingerprint density at radius 1 is 0.974 bits per heavy atom. The first-order valence-electron chi connectivity index (χ1n) is 14.7.